The van der Waals surface area contributed by atoms with Gasteiger partial charge in [-0.05, 0) is 31.2 Å². The summed E-state index contributed by atoms with van der Waals surface area (Å²) in [5.41, 5.74) is -0.409. The van der Waals surface area contributed by atoms with Crippen LogP contribution in [0.5, 0.6) is 11.6 Å². The van der Waals surface area contributed by atoms with Crippen LogP contribution in [-0.4, -0.2) is 30.1 Å². The van der Waals surface area contributed by atoms with Crippen molar-refractivity contribution in [1.29, 1.82) is 0 Å². The van der Waals surface area contributed by atoms with Crippen molar-refractivity contribution < 1.29 is 18.3 Å². The topological polar surface area (TPSA) is 124 Å². The largest absolute Gasteiger partial charge is 0.494 e. The van der Waals surface area contributed by atoms with E-state index in [0.29, 0.717) is 18.0 Å². The first-order chi connectivity index (χ1) is 9.89. The van der Waals surface area contributed by atoms with Gasteiger partial charge in [0.1, 0.15) is 11.5 Å². The lowest BCUT2D eigenvalue weighted by atomic mass is 10.3. The summed E-state index contributed by atoms with van der Waals surface area (Å²) in [4.78, 5) is 15.2. The molecule has 0 saturated heterocycles. The second-order valence-corrected chi connectivity index (χ2v) is 5.95. The molecule has 114 valence electrons. The van der Waals surface area contributed by atoms with Crippen LogP contribution >= 0.6 is 0 Å². The molecule has 0 aliphatic carbocycles. The average molecular weight is 313 g/mol. The molecule has 0 unspecified atom stereocenters. The van der Waals surface area contributed by atoms with Gasteiger partial charge in [0.2, 0.25) is 15.9 Å². The Balaban J connectivity index is 2.10. The van der Waals surface area contributed by atoms with Crippen LogP contribution in [0.15, 0.2) is 29.1 Å². The Morgan fingerprint density at radius 3 is 2.43 bits per heavy atom. The molecular formula is C12H15N3O5S. The van der Waals surface area contributed by atoms with E-state index in [1.54, 1.807) is 24.3 Å². The Kier molecular flexibility index (Phi) is 4.22. The number of nitrogens with one attached hydrogen (secondary N) is 3. The molecule has 0 aliphatic heterocycles. The third-order valence-electron chi connectivity index (χ3n) is 2.56. The number of anilines is 1. The van der Waals surface area contributed by atoms with Crippen LogP contribution in [0.25, 0.3) is 0 Å². The highest BCUT2D eigenvalue weighted by molar-refractivity contribution is 7.91. The molecule has 8 nitrogen and oxygen atoms in total. The van der Waals surface area contributed by atoms with Gasteiger partial charge >= 0.3 is 5.69 Å². The normalized spacial score (nSPS) is 11.3. The number of hydrogen-bond donors (Lipinski definition) is 4. The van der Waals surface area contributed by atoms with Gasteiger partial charge in [-0.25, -0.2) is 13.2 Å². The molecule has 2 aromatic rings. The van der Waals surface area contributed by atoms with Gasteiger partial charge in [0.05, 0.1) is 12.3 Å². The molecule has 0 atom stereocenters. The van der Waals surface area contributed by atoms with Crippen LogP contribution in [0, 0.1) is 0 Å². The van der Waals surface area contributed by atoms with Crippen molar-refractivity contribution in [2.24, 2.45) is 0 Å². The average Bonchev–Trinajstić information content (AvgIpc) is 2.69. The zero-order valence-electron chi connectivity index (χ0n) is 11.2. The number of aromatic amines is 2. The fourth-order valence-electron chi connectivity index (χ4n) is 1.71. The number of aromatic hydroxyl groups is 1. The number of sulfonamides is 1. The highest BCUT2D eigenvalue weighted by Crippen LogP contribution is 2.18. The lowest BCUT2D eigenvalue weighted by Crippen LogP contribution is -2.16. The zero-order chi connectivity index (χ0) is 15.5. The lowest BCUT2D eigenvalue weighted by molar-refractivity contribution is 0.340. The van der Waals surface area contributed by atoms with E-state index in [9.17, 15) is 18.3 Å². The fourth-order valence-corrected chi connectivity index (χ4v) is 2.86. The summed E-state index contributed by atoms with van der Waals surface area (Å²) in [6.07, 6.45) is 0. The molecule has 0 radical (unpaired) electrons. The van der Waals surface area contributed by atoms with Crippen LogP contribution in [0.3, 0.4) is 0 Å². The molecule has 0 amide bonds. The minimum Gasteiger partial charge on any atom is -0.494 e. The minimum atomic E-state index is -3.76. The summed E-state index contributed by atoms with van der Waals surface area (Å²) < 4.78 is 31.5. The Bertz CT molecular complexity index is 761. The fraction of sp³-hybridized carbons (Fsp3) is 0.250. The first-order valence-electron chi connectivity index (χ1n) is 6.13. The van der Waals surface area contributed by atoms with Crippen LogP contribution < -0.4 is 15.1 Å². The molecular weight excluding hydrogens is 298 g/mol. The smallest absolute Gasteiger partial charge is 0.325 e. The number of ether oxygens (including phenoxy) is 1. The monoisotopic (exact) mass is 313 g/mol. The van der Waals surface area contributed by atoms with Crippen molar-refractivity contribution >= 4 is 15.7 Å². The van der Waals surface area contributed by atoms with E-state index >= 15 is 0 Å². The third-order valence-corrected chi connectivity index (χ3v) is 3.77. The van der Waals surface area contributed by atoms with Crippen LogP contribution in [0.2, 0.25) is 0 Å². The molecule has 9 heteroatoms. The SMILES string of the molecule is CCOc1ccc(NS(=O)(=O)Cc2[nH]c(=O)[nH]c2O)cc1. The number of rotatable bonds is 6. The van der Waals surface area contributed by atoms with Gasteiger partial charge in [0.15, 0.2) is 0 Å². The van der Waals surface area contributed by atoms with Crippen LogP contribution in [0.1, 0.15) is 12.6 Å². The van der Waals surface area contributed by atoms with E-state index in [4.69, 9.17) is 4.74 Å². The van der Waals surface area contributed by atoms with E-state index < -0.39 is 27.3 Å². The summed E-state index contributed by atoms with van der Waals surface area (Å²) in [5.74, 6) is -0.407. The van der Waals surface area contributed by atoms with Gasteiger partial charge in [-0.3, -0.25) is 9.71 Å². The number of hydrogen-bond acceptors (Lipinski definition) is 5. The van der Waals surface area contributed by atoms with Gasteiger partial charge in [0, 0.05) is 5.69 Å². The first-order valence-corrected chi connectivity index (χ1v) is 7.78. The van der Waals surface area contributed by atoms with Crippen molar-refractivity contribution in [3.8, 4) is 11.6 Å². The summed E-state index contributed by atoms with van der Waals surface area (Å²) >= 11 is 0. The minimum absolute atomic E-state index is 0.0987. The highest BCUT2D eigenvalue weighted by atomic mass is 32.2. The Labute approximate surface area is 120 Å². The number of benzene rings is 1. The maximum absolute atomic E-state index is 12.0. The lowest BCUT2D eigenvalue weighted by Gasteiger charge is -2.08. The van der Waals surface area contributed by atoms with E-state index in [0.717, 1.165) is 0 Å². The van der Waals surface area contributed by atoms with Gasteiger partial charge in [-0.15, -0.1) is 0 Å². The van der Waals surface area contributed by atoms with Crippen molar-refractivity contribution in [1.82, 2.24) is 9.97 Å². The molecule has 0 aliphatic rings. The molecule has 0 spiro atoms. The molecule has 4 N–H and O–H groups in total. The van der Waals surface area contributed by atoms with E-state index in [1.165, 1.54) is 0 Å². The van der Waals surface area contributed by atoms with Gasteiger partial charge < -0.3 is 14.8 Å². The Morgan fingerprint density at radius 2 is 1.90 bits per heavy atom. The van der Waals surface area contributed by atoms with Gasteiger partial charge in [0.25, 0.3) is 0 Å². The summed E-state index contributed by atoms with van der Waals surface area (Å²) in [5, 5.41) is 9.36. The molecule has 1 heterocycles. The maximum atomic E-state index is 12.0. The van der Waals surface area contributed by atoms with Crippen molar-refractivity contribution in [3.63, 3.8) is 0 Å². The van der Waals surface area contributed by atoms with Crippen molar-refractivity contribution in [2.75, 3.05) is 11.3 Å². The zero-order valence-corrected chi connectivity index (χ0v) is 12.0. The van der Waals surface area contributed by atoms with Crippen LogP contribution in [-0.2, 0) is 15.8 Å². The number of H-pyrrole nitrogens is 2. The standard InChI is InChI=1S/C12H15N3O5S/c1-2-20-9-5-3-8(4-6-9)15-21(18,19)7-10-11(16)14-12(17)13-10/h3-6,15-16H,2,7H2,1H3,(H2,13,14,17). The molecule has 0 bridgehead atoms. The van der Waals surface area contributed by atoms with Crippen molar-refractivity contribution in [2.45, 2.75) is 12.7 Å². The van der Waals surface area contributed by atoms with Gasteiger partial charge in [-0.2, -0.15) is 0 Å². The van der Waals surface area contributed by atoms with Gasteiger partial charge in [-0.1, -0.05) is 0 Å². The van der Waals surface area contributed by atoms with E-state index in [2.05, 4.69) is 14.7 Å². The predicted molar refractivity (Wildman–Crippen MR) is 76.9 cm³/mol. The van der Waals surface area contributed by atoms with E-state index in [-0.39, 0.29) is 5.69 Å². The summed E-state index contributed by atoms with van der Waals surface area (Å²) in [7, 11) is -3.76. The number of aromatic nitrogens is 2. The molecule has 21 heavy (non-hydrogen) atoms. The molecule has 2 rings (SSSR count). The molecule has 0 saturated carbocycles. The summed E-state index contributed by atoms with van der Waals surface area (Å²) in [6, 6.07) is 6.39. The predicted octanol–water partition coefficient (Wildman–Crippen LogP) is 0.749. The third kappa shape index (κ3) is 4.02. The quantitative estimate of drug-likeness (QED) is 0.626. The van der Waals surface area contributed by atoms with Crippen LogP contribution in [0.4, 0.5) is 5.69 Å². The molecule has 1 aromatic heterocycles. The Hall–Kier alpha value is -2.42. The summed E-state index contributed by atoms with van der Waals surface area (Å²) in [6.45, 7) is 2.37. The second-order valence-electron chi connectivity index (χ2n) is 4.22. The number of imidazole rings is 1. The maximum Gasteiger partial charge on any atom is 0.325 e. The van der Waals surface area contributed by atoms with Crippen molar-refractivity contribution in [3.05, 3.63) is 40.4 Å². The van der Waals surface area contributed by atoms with E-state index in [1.807, 2.05) is 6.92 Å². The first kappa shape index (κ1) is 15.0. The molecule has 1 aromatic carbocycles. The Morgan fingerprint density at radius 1 is 1.24 bits per heavy atom. The molecule has 0 fully saturated rings. The highest BCUT2D eigenvalue weighted by Gasteiger charge is 2.17. The second kappa shape index (κ2) is 5.92.